The number of para-hydroxylation sites is 4. The fourth-order valence-corrected chi connectivity index (χ4v) is 28.4. The van der Waals surface area contributed by atoms with Crippen LogP contribution in [-0.4, -0.2) is 19.9 Å². The number of fused-ring (bicyclic) bond motifs is 44. The highest BCUT2D eigenvalue weighted by Crippen LogP contribution is 2.62. The van der Waals surface area contributed by atoms with Crippen LogP contribution in [0.3, 0.4) is 0 Å². The molecule has 0 N–H and O–H groups in total. The Labute approximate surface area is 812 Å². The van der Waals surface area contributed by atoms with Crippen LogP contribution in [0.1, 0.15) is 178 Å². The molecule has 20 aromatic rings. The smallest absolute Gasteiger partial charge is 0.141 e. The molecule has 8 heteroatoms. The molecule has 0 atom stereocenters. The zero-order valence-electron chi connectivity index (χ0n) is 77.2. The molecule has 0 fully saturated rings. The van der Waals surface area contributed by atoms with Gasteiger partial charge in [-0.2, -0.15) is 0 Å². The first-order valence-electron chi connectivity index (χ1n) is 50.3. The molecule has 140 heavy (non-hydrogen) atoms. The molecule has 656 valence electrons. The molecule has 4 aromatic heterocycles. The van der Waals surface area contributed by atoms with Crippen LogP contribution >= 0.6 is 0 Å². The molecule has 8 aliphatic heterocycles. The quantitative estimate of drug-likeness (QED) is 0.149. The number of anilines is 12. The van der Waals surface area contributed by atoms with E-state index in [1.165, 1.54) is 330 Å². The van der Waals surface area contributed by atoms with E-state index in [4.69, 9.17) is 9.97 Å². The molecule has 0 spiro atoms. The fourth-order valence-electron chi connectivity index (χ4n) is 28.4. The molecule has 12 heterocycles. The Morgan fingerprint density at radius 1 is 0.157 bits per heavy atom. The summed E-state index contributed by atoms with van der Waals surface area (Å²) in [7, 11) is 0. The largest absolute Gasteiger partial charge is 0.309 e. The lowest BCUT2D eigenvalue weighted by molar-refractivity contribution is 0.969. The Bertz CT molecular complexity index is 8610. The van der Waals surface area contributed by atoms with Crippen molar-refractivity contribution in [1.29, 1.82) is 0 Å². The second kappa shape index (κ2) is 28.5. The second-order valence-corrected chi connectivity index (χ2v) is 41.5. The summed E-state index contributed by atoms with van der Waals surface area (Å²) in [5.74, 6) is 1.09. The third kappa shape index (κ3) is 10.8. The van der Waals surface area contributed by atoms with Gasteiger partial charge in [0.2, 0.25) is 0 Å². The van der Waals surface area contributed by atoms with Gasteiger partial charge in [-0.15, -0.1) is 0 Å². The summed E-state index contributed by atoms with van der Waals surface area (Å²) in [4.78, 5) is 28.6. The van der Waals surface area contributed by atoms with Crippen LogP contribution in [0.5, 0.6) is 0 Å². The molecule has 0 saturated carbocycles. The summed E-state index contributed by atoms with van der Waals surface area (Å²) >= 11 is 0. The zero-order chi connectivity index (χ0) is 90.7. The summed E-state index contributed by atoms with van der Waals surface area (Å²) in [5, 5.41) is 0. The van der Waals surface area contributed by atoms with Crippen molar-refractivity contribution in [1.82, 2.24) is 19.9 Å². The molecule has 0 bridgehead atoms. The number of aromatic nitrogens is 4. The van der Waals surface area contributed by atoms with Gasteiger partial charge in [-0.3, -0.25) is 19.9 Å². The number of nitrogens with zero attached hydrogens (tertiary/aromatic N) is 8. The van der Waals surface area contributed by atoms with Gasteiger partial charge in [0, 0.05) is 82.4 Å². The topological polar surface area (TPSA) is 64.5 Å². The van der Waals surface area contributed by atoms with E-state index in [0.29, 0.717) is 0 Å². The molecule has 8 aliphatic carbocycles. The van der Waals surface area contributed by atoms with Crippen LogP contribution in [0, 0.1) is 0 Å². The predicted octanol–water partition coefficient (Wildman–Crippen LogP) is 30.0. The molecule has 0 radical (unpaired) electrons. The van der Waals surface area contributed by atoms with Crippen LogP contribution < -0.4 is 19.6 Å². The summed E-state index contributed by atoms with van der Waals surface area (Å²) in [6, 6.07) is 115. The highest BCUT2D eigenvalue weighted by atomic mass is 15.2. The van der Waals surface area contributed by atoms with Crippen LogP contribution in [0.15, 0.2) is 340 Å². The highest BCUT2D eigenvalue weighted by molar-refractivity contribution is 6.02. The Hall–Kier alpha value is -16.7. The maximum absolute atomic E-state index is 4.88. The van der Waals surface area contributed by atoms with Crippen LogP contribution in [0.2, 0.25) is 0 Å². The Morgan fingerprint density at radius 2 is 0.486 bits per heavy atom. The lowest BCUT2D eigenvalue weighted by Gasteiger charge is -2.39. The molecule has 16 aliphatic rings. The fraction of sp³-hybridized carbons (Fsp3) is 0.121. The minimum absolute atomic E-state index is 0.908. The van der Waals surface area contributed by atoms with Crippen molar-refractivity contribution in [3.05, 3.63) is 519 Å². The molecule has 0 amide bonds. The van der Waals surface area contributed by atoms with Crippen LogP contribution in [0.4, 0.5) is 68.4 Å². The van der Waals surface area contributed by atoms with Crippen molar-refractivity contribution in [2.75, 3.05) is 19.6 Å². The van der Waals surface area contributed by atoms with Gasteiger partial charge in [-0.05, 0) is 367 Å². The third-order valence-corrected chi connectivity index (χ3v) is 34.3. The minimum Gasteiger partial charge on any atom is -0.309 e. The summed E-state index contributed by atoms with van der Waals surface area (Å²) in [5.41, 5.74) is 83.5. The molecule has 16 aromatic carbocycles. The number of pyridine rings is 4. The van der Waals surface area contributed by atoms with E-state index in [9.17, 15) is 0 Å². The lowest BCUT2D eigenvalue weighted by Crippen LogP contribution is -2.25. The van der Waals surface area contributed by atoms with Gasteiger partial charge in [-0.1, -0.05) is 249 Å². The monoisotopic (exact) mass is 1780 g/mol. The van der Waals surface area contributed by atoms with E-state index >= 15 is 0 Å². The number of rotatable bonds is 0. The van der Waals surface area contributed by atoms with E-state index < -0.39 is 0 Å². The predicted molar refractivity (Wildman–Crippen MR) is 564 cm³/mol. The van der Waals surface area contributed by atoms with Gasteiger partial charge in [0.25, 0.3) is 0 Å². The summed E-state index contributed by atoms with van der Waals surface area (Å²) in [6.45, 7) is 0. The molecule has 0 unspecified atom stereocenters. The number of hydrogen-bond acceptors (Lipinski definition) is 8. The van der Waals surface area contributed by atoms with Gasteiger partial charge in [-0.25, -0.2) is 4.98 Å². The molecule has 0 saturated heterocycles. The van der Waals surface area contributed by atoms with Crippen molar-refractivity contribution >= 4 is 68.4 Å². The summed E-state index contributed by atoms with van der Waals surface area (Å²) < 4.78 is 0. The van der Waals surface area contributed by atoms with E-state index in [-0.39, 0.29) is 0 Å². The Balaban J connectivity index is 0.0000000829. The number of hydrogen-bond donors (Lipinski definition) is 0. The van der Waals surface area contributed by atoms with Crippen molar-refractivity contribution in [3.63, 3.8) is 0 Å². The van der Waals surface area contributed by atoms with Crippen molar-refractivity contribution in [3.8, 4) is 89.0 Å². The lowest BCUT2D eigenvalue weighted by atomic mass is 9.86. The number of benzene rings is 16. The van der Waals surface area contributed by atoms with Crippen LogP contribution in [-0.2, 0) is 103 Å². The first-order valence-corrected chi connectivity index (χ1v) is 50.3. The van der Waals surface area contributed by atoms with Crippen molar-refractivity contribution in [2.24, 2.45) is 0 Å². The highest BCUT2D eigenvalue weighted by Gasteiger charge is 2.43. The molecular weight excluding hydrogens is 1700 g/mol. The minimum atomic E-state index is 0.908. The van der Waals surface area contributed by atoms with Gasteiger partial charge in [0.05, 0.1) is 74.5 Å². The van der Waals surface area contributed by atoms with Crippen molar-refractivity contribution < 1.29 is 0 Å². The van der Waals surface area contributed by atoms with E-state index in [1.54, 1.807) is 0 Å². The first kappa shape index (κ1) is 76.5. The molecule has 8 nitrogen and oxygen atoms in total. The standard InChI is InChI=1S/4C33H22N2/c1-2-9-26-19(5-1)13-20-10-11-27-28-18-30-25(16-24(28)17-29(27)31(20)26)15-22-7-3-6-21-14-23-8-4-12-34-33(23)35(30)32(21)22;1-2-8-24-19(5-1)15-28-25(24)10-11-26-27-18-32-23(14-22(27)16-29(26)28)13-20-6-3-7-21-17-30-31(9-4-12-34-30)35(32)33(20)21;1-2-7-25-19(4-1)15-29-26(25)8-9-27-28-17-32-23(14-22(28)16-30(27)29)12-20-5-3-6-21-13-24-18-34-11-10-31(24)35(32)33(20)21;1-2-7-26-19(4-1)12-21-8-9-27-28-17-30-25(15-24(28)16-29(27)32(21)26)14-23-6-3-5-22-13-20-10-11-34-18-31(20)35(30)33(22)23/h1-12,16,18H,13-15,17H2;1-12,14,18H,13,15-17H2;1-11,14,17-18H,12-13,15-16H2;1-11,15,17-18H,12-14,16H2. The van der Waals surface area contributed by atoms with E-state index in [0.717, 1.165) is 109 Å². The van der Waals surface area contributed by atoms with Gasteiger partial charge in [0.1, 0.15) is 5.82 Å². The Morgan fingerprint density at radius 3 is 0.979 bits per heavy atom. The zero-order valence-corrected chi connectivity index (χ0v) is 77.2. The van der Waals surface area contributed by atoms with E-state index in [2.05, 4.69) is 339 Å². The second-order valence-electron chi connectivity index (χ2n) is 41.5. The maximum Gasteiger partial charge on any atom is 0.141 e. The van der Waals surface area contributed by atoms with Crippen molar-refractivity contribution in [2.45, 2.75) is 103 Å². The average Bonchev–Trinajstić information content (AvgIpc) is 1.21. The van der Waals surface area contributed by atoms with Crippen LogP contribution in [0.25, 0.3) is 89.0 Å². The molecular formula is C132H88N8. The van der Waals surface area contributed by atoms with Gasteiger partial charge in [0.15, 0.2) is 0 Å². The first-order chi connectivity index (χ1) is 69.3. The van der Waals surface area contributed by atoms with E-state index in [1.807, 2.05) is 31.0 Å². The Kier molecular flexibility index (Phi) is 15.6. The maximum atomic E-state index is 4.88. The van der Waals surface area contributed by atoms with Gasteiger partial charge < -0.3 is 14.7 Å². The van der Waals surface area contributed by atoms with Gasteiger partial charge >= 0.3 is 0 Å². The summed E-state index contributed by atoms with van der Waals surface area (Å²) in [6.07, 6.45) is 28.0. The average molecular weight is 1790 g/mol. The molecule has 36 rings (SSSR count). The normalized spacial score (nSPS) is 14.9. The third-order valence-electron chi connectivity index (χ3n) is 34.3. The SMILES string of the molecule is c1ccc2c(c1)Cc1c-2ccc2c1Cc1cc3c(cc1-2)N1c2cccnc2Cc2cccc(c21)C3.c1ccc2c(c1)Cc1c-2ccc2c1Cc1cc3c(cc1-2)N1c2ccncc2Cc2cccc(c21)C3.c1ccc2c(c1)Cc1ccc3c(c1-2)Cc1cc2c(cc1-3)N1c3cnccc3Cc3cccc(c31)C2.c1ccc2c(c1)Cc1ccc3c(c1-2)Cc1cc2c(cc1-3)N1c3ncccc3Cc3cccc(c31)C2.